The van der Waals surface area contributed by atoms with Crippen LogP contribution in [0.2, 0.25) is 0 Å². The van der Waals surface area contributed by atoms with Gasteiger partial charge in [0.25, 0.3) is 0 Å². The average molecular weight is 460 g/mol. The van der Waals surface area contributed by atoms with Crippen molar-refractivity contribution in [3.8, 4) is 5.75 Å². The molecule has 0 spiro atoms. The van der Waals surface area contributed by atoms with Crippen molar-refractivity contribution in [2.24, 2.45) is 0 Å². The summed E-state index contributed by atoms with van der Waals surface area (Å²) in [5, 5.41) is 3.24. The van der Waals surface area contributed by atoms with Gasteiger partial charge < -0.3 is 15.0 Å². The van der Waals surface area contributed by atoms with Gasteiger partial charge in [-0.25, -0.2) is 0 Å². The van der Waals surface area contributed by atoms with Crippen molar-refractivity contribution in [2.75, 3.05) is 46.4 Å². The molecule has 6 heteroatoms. The first-order valence-corrected chi connectivity index (χ1v) is 11.0. The molecule has 29 heavy (non-hydrogen) atoms. The molecule has 1 fully saturated rings. The second-order valence-corrected chi connectivity index (χ2v) is 8.37. The Hall–Kier alpha value is -1.89. The SMILES string of the molecule is CN1CCN(CC(NC(=O)CCCOc2ccccc2Br)c2ccccc2)CC1. The summed E-state index contributed by atoms with van der Waals surface area (Å²) in [6.45, 7) is 5.58. The van der Waals surface area contributed by atoms with Gasteiger partial charge in [-0.3, -0.25) is 9.69 Å². The van der Waals surface area contributed by atoms with Gasteiger partial charge in [0.05, 0.1) is 17.1 Å². The van der Waals surface area contributed by atoms with Gasteiger partial charge in [0.1, 0.15) is 5.75 Å². The molecule has 2 aromatic carbocycles. The molecule has 0 bridgehead atoms. The van der Waals surface area contributed by atoms with E-state index in [1.807, 2.05) is 42.5 Å². The van der Waals surface area contributed by atoms with Gasteiger partial charge in [0, 0.05) is 39.1 Å². The summed E-state index contributed by atoms with van der Waals surface area (Å²) in [5.41, 5.74) is 1.16. The van der Waals surface area contributed by atoms with Gasteiger partial charge in [-0.1, -0.05) is 42.5 Å². The Morgan fingerprint density at radius 2 is 1.76 bits per heavy atom. The summed E-state index contributed by atoms with van der Waals surface area (Å²) in [4.78, 5) is 17.4. The Balaban J connectivity index is 1.49. The lowest BCUT2D eigenvalue weighted by molar-refractivity contribution is -0.122. The first kappa shape index (κ1) is 21.8. The summed E-state index contributed by atoms with van der Waals surface area (Å²) < 4.78 is 6.70. The molecule has 156 valence electrons. The van der Waals surface area contributed by atoms with E-state index in [4.69, 9.17) is 4.74 Å². The van der Waals surface area contributed by atoms with Gasteiger partial charge in [0.2, 0.25) is 5.91 Å². The quantitative estimate of drug-likeness (QED) is 0.580. The van der Waals surface area contributed by atoms with Crippen LogP contribution in [-0.4, -0.2) is 62.1 Å². The first-order chi connectivity index (χ1) is 14.1. The molecule has 0 saturated carbocycles. The van der Waals surface area contributed by atoms with E-state index in [2.05, 4.69) is 50.2 Å². The Morgan fingerprint density at radius 1 is 1.07 bits per heavy atom. The zero-order valence-corrected chi connectivity index (χ0v) is 18.6. The highest BCUT2D eigenvalue weighted by Crippen LogP contribution is 2.24. The predicted octanol–water partition coefficient (Wildman–Crippen LogP) is 3.71. The molecule has 1 unspecified atom stereocenters. The van der Waals surface area contributed by atoms with Crippen LogP contribution >= 0.6 is 15.9 Å². The van der Waals surface area contributed by atoms with Crippen LogP contribution < -0.4 is 10.1 Å². The number of rotatable bonds is 9. The molecule has 1 aliphatic rings. The minimum absolute atomic E-state index is 0.0105. The van der Waals surface area contributed by atoms with E-state index in [9.17, 15) is 4.79 Å². The Morgan fingerprint density at radius 3 is 2.48 bits per heavy atom. The number of amides is 1. The fraction of sp³-hybridized carbons (Fsp3) is 0.435. The van der Waals surface area contributed by atoms with E-state index in [0.29, 0.717) is 19.4 Å². The number of nitrogens with one attached hydrogen (secondary N) is 1. The number of ether oxygens (including phenoxy) is 1. The van der Waals surface area contributed by atoms with Crippen LogP contribution in [-0.2, 0) is 4.79 Å². The van der Waals surface area contributed by atoms with Gasteiger partial charge >= 0.3 is 0 Å². The van der Waals surface area contributed by atoms with Crippen molar-refractivity contribution in [1.29, 1.82) is 0 Å². The van der Waals surface area contributed by atoms with E-state index in [-0.39, 0.29) is 11.9 Å². The molecule has 5 nitrogen and oxygen atoms in total. The maximum Gasteiger partial charge on any atom is 0.220 e. The van der Waals surface area contributed by atoms with Crippen molar-refractivity contribution in [2.45, 2.75) is 18.9 Å². The number of piperazine rings is 1. The van der Waals surface area contributed by atoms with E-state index in [1.165, 1.54) is 0 Å². The highest BCUT2D eigenvalue weighted by atomic mass is 79.9. The van der Waals surface area contributed by atoms with Gasteiger partial charge in [-0.15, -0.1) is 0 Å². The molecular weight excluding hydrogens is 430 g/mol. The first-order valence-electron chi connectivity index (χ1n) is 10.2. The van der Waals surface area contributed by atoms with E-state index < -0.39 is 0 Å². The summed E-state index contributed by atoms with van der Waals surface area (Å²) in [7, 11) is 2.16. The van der Waals surface area contributed by atoms with Crippen LogP contribution in [0.15, 0.2) is 59.1 Å². The zero-order valence-electron chi connectivity index (χ0n) is 17.0. The number of hydrogen-bond acceptors (Lipinski definition) is 4. The molecule has 0 aliphatic carbocycles. The number of halogens is 1. The maximum absolute atomic E-state index is 12.6. The highest BCUT2D eigenvalue weighted by Gasteiger charge is 2.21. The normalized spacial score (nSPS) is 16.3. The van der Waals surface area contributed by atoms with Gasteiger partial charge in [0.15, 0.2) is 0 Å². The predicted molar refractivity (Wildman–Crippen MR) is 120 cm³/mol. The molecule has 1 heterocycles. The maximum atomic E-state index is 12.6. The van der Waals surface area contributed by atoms with Crippen LogP contribution in [0.4, 0.5) is 0 Å². The molecule has 0 aromatic heterocycles. The highest BCUT2D eigenvalue weighted by molar-refractivity contribution is 9.10. The number of hydrogen-bond donors (Lipinski definition) is 1. The van der Waals surface area contributed by atoms with Crippen LogP contribution in [0.3, 0.4) is 0 Å². The fourth-order valence-electron chi connectivity index (χ4n) is 3.45. The van der Waals surface area contributed by atoms with Crippen LogP contribution in [0.1, 0.15) is 24.4 Å². The molecule has 1 N–H and O–H groups in total. The van der Waals surface area contributed by atoms with E-state index in [1.54, 1.807) is 0 Å². The minimum atomic E-state index is 0.0105. The molecule has 2 aromatic rings. The second-order valence-electron chi connectivity index (χ2n) is 7.52. The van der Waals surface area contributed by atoms with Crippen molar-refractivity contribution < 1.29 is 9.53 Å². The van der Waals surface area contributed by atoms with Crippen molar-refractivity contribution >= 4 is 21.8 Å². The zero-order chi connectivity index (χ0) is 20.5. The third-order valence-electron chi connectivity index (χ3n) is 5.22. The van der Waals surface area contributed by atoms with Crippen LogP contribution in [0.25, 0.3) is 0 Å². The molecule has 3 rings (SSSR count). The standard InChI is InChI=1S/C23H30BrN3O2/c1-26-13-15-27(16-14-26)18-21(19-8-3-2-4-9-19)25-23(28)12-7-17-29-22-11-6-5-10-20(22)24/h2-6,8-11,21H,7,12-18H2,1H3,(H,25,28). The van der Waals surface area contributed by atoms with Crippen LogP contribution in [0, 0.1) is 0 Å². The molecule has 1 aliphatic heterocycles. The molecule has 1 saturated heterocycles. The number of carbonyl (C=O) groups is 1. The lowest BCUT2D eigenvalue weighted by Gasteiger charge is -2.35. The van der Waals surface area contributed by atoms with E-state index >= 15 is 0 Å². The third kappa shape index (κ3) is 7.14. The van der Waals surface area contributed by atoms with Crippen molar-refractivity contribution in [3.05, 3.63) is 64.6 Å². The smallest absolute Gasteiger partial charge is 0.220 e. The third-order valence-corrected chi connectivity index (χ3v) is 5.87. The largest absolute Gasteiger partial charge is 0.492 e. The van der Waals surface area contributed by atoms with Crippen molar-refractivity contribution in [1.82, 2.24) is 15.1 Å². The summed E-state index contributed by atoms with van der Waals surface area (Å²) in [5.74, 6) is 0.883. The van der Waals surface area contributed by atoms with Crippen LogP contribution in [0.5, 0.6) is 5.75 Å². The summed E-state index contributed by atoms with van der Waals surface area (Å²) in [6.07, 6.45) is 1.14. The minimum Gasteiger partial charge on any atom is -0.492 e. The second kappa shape index (κ2) is 11.3. The topological polar surface area (TPSA) is 44.8 Å². The fourth-order valence-corrected chi connectivity index (χ4v) is 3.85. The Bertz CT molecular complexity index is 764. The number of para-hydroxylation sites is 1. The molecular formula is C23H30BrN3O2. The number of nitrogens with zero attached hydrogens (tertiary/aromatic N) is 2. The Kier molecular flexibility index (Phi) is 8.52. The summed E-state index contributed by atoms with van der Waals surface area (Å²) >= 11 is 3.47. The molecule has 1 amide bonds. The lowest BCUT2D eigenvalue weighted by Crippen LogP contribution is -2.47. The van der Waals surface area contributed by atoms with Gasteiger partial charge in [-0.2, -0.15) is 0 Å². The summed E-state index contributed by atoms with van der Waals surface area (Å²) in [6, 6.07) is 18.0. The molecule has 0 radical (unpaired) electrons. The van der Waals surface area contributed by atoms with Crippen molar-refractivity contribution in [3.63, 3.8) is 0 Å². The Labute approximate surface area is 182 Å². The number of benzene rings is 2. The lowest BCUT2D eigenvalue weighted by atomic mass is 10.1. The average Bonchev–Trinajstić information content (AvgIpc) is 2.74. The number of carbonyl (C=O) groups excluding carboxylic acids is 1. The van der Waals surface area contributed by atoms with Gasteiger partial charge in [-0.05, 0) is 47.1 Å². The van der Waals surface area contributed by atoms with E-state index in [0.717, 1.165) is 48.5 Å². The molecule has 1 atom stereocenters. The number of likely N-dealkylation sites (N-methyl/N-ethyl adjacent to an activating group) is 1. The monoisotopic (exact) mass is 459 g/mol.